The summed E-state index contributed by atoms with van der Waals surface area (Å²) in [5.41, 5.74) is 0. The van der Waals surface area contributed by atoms with E-state index in [1.165, 1.54) is 36.4 Å². The van der Waals surface area contributed by atoms with E-state index in [9.17, 15) is 24.8 Å². The molecule has 0 unspecified atom stereocenters. The van der Waals surface area contributed by atoms with Crippen molar-refractivity contribution in [1.29, 1.82) is 0 Å². The summed E-state index contributed by atoms with van der Waals surface area (Å²) in [5, 5.41) is 0. The molecule has 4 aromatic rings. The standard InChI is InChI=1S/C18H17I3O10S2.C6H6IO/c22-19(16-10-4-1-5-11-16)29-33(26,27)31-21(18-14-8-3-9-15-18)28-20(30-32(23,24)25)17-12-6-2-7-13-17;8-7-6-4-2-1-3-5-6/h1-15,22H,(H,23,24,25);1-5,8H/q;+1/p-1. The minimum Gasteiger partial charge on any atom is -0.156 e. The molecule has 0 saturated carbocycles. The summed E-state index contributed by atoms with van der Waals surface area (Å²) in [5.74, 6) is 0. The van der Waals surface area contributed by atoms with Crippen LogP contribution in [-0.4, -0.2) is 28.3 Å². The molecule has 41 heavy (non-hydrogen) atoms. The van der Waals surface area contributed by atoms with E-state index in [-0.39, 0.29) is 0 Å². The van der Waals surface area contributed by atoms with Crippen molar-refractivity contribution in [2.24, 2.45) is 0 Å². The van der Waals surface area contributed by atoms with Crippen molar-refractivity contribution in [2.45, 2.75) is 0 Å². The molecule has 0 saturated heterocycles. The number of hydrogen-bond donors (Lipinski definition) is 2. The van der Waals surface area contributed by atoms with E-state index in [4.69, 9.17) is 9.86 Å². The largest absolute Gasteiger partial charge is 0.519 e. The average Bonchev–Trinajstić information content (AvgIpc) is 2.97. The van der Waals surface area contributed by atoms with Gasteiger partial charge in [-0.25, -0.2) is 0 Å². The summed E-state index contributed by atoms with van der Waals surface area (Å²) >= 11 is -11.6. The Morgan fingerprint density at radius 3 is 1.37 bits per heavy atom. The van der Waals surface area contributed by atoms with Crippen LogP contribution in [0.15, 0.2) is 121 Å². The summed E-state index contributed by atoms with van der Waals surface area (Å²) in [4.78, 5) is 0. The maximum Gasteiger partial charge on any atom is 0.519 e. The van der Waals surface area contributed by atoms with E-state index >= 15 is 0 Å². The maximum atomic E-state index is 12.6. The fourth-order valence-electron chi connectivity index (χ4n) is 2.50. The van der Waals surface area contributed by atoms with Crippen LogP contribution in [0.1, 0.15) is 0 Å². The van der Waals surface area contributed by atoms with Gasteiger partial charge >= 0.3 is 240 Å². The first-order valence-electron chi connectivity index (χ1n) is 10.8. The predicted molar refractivity (Wildman–Crippen MR) is 170 cm³/mol. The molecule has 0 bridgehead atoms. The van der Waals surface area contributed by atoms with Crippen molar-refractivity contribution in [3.05, 3.63) is 136 Å². The normalized spacial score (nSPS) is 12.5. The summed E-state index contributed by atoms with van der Waals surface area (Å²) in [6.07, 6.45) is 0. The molecule has 224 valence electrons. The van der Waals surface area contributed by atoms with Crippen LogP contribution in [0.25, 0.3) is 0 Å². The third-order valence-corrected chi connectivity index (χ3v) is 23.0. The fraction of sp³-hybridized carbons (Fsp3) is 0. The number of rotatable bonds is 12. The zero-order valence-corrected chi connectivity index (χ0v) is 30.7. The Morgan fingerprint density at radius 1 is 0.585 bits per heavy atom. The Bertz CT molecular complexity index is 1540. The molecular formula is C24H22I4O11S2. The van der Waals surface area contributed by atoms with E-state index in [1.807, 2.05) is 30.3 Å². The third kappa shape index (κ3) is 13.3. The van der Waals surface area contributed by atoms with Gasteiger partial charge in [0.1, 0.15) is 0 Å². The molecule has 0 aliphatic carbocycles. The van der Waals surface area contributed by atoms with Crippen molar-refractivity contribution in [1.82, 2.24) is 0 Å². The Kier molecular flexibility index (Phi) is 15.0. The van der Waals surface area contributed by atoms with Crippen LogP contribution in [0, 0.1) is 14.3 Å². The first kappa shape index (κ1) is 34.9. The molecule has 0 spiro atoms. The van der Waals surface area contributed by atoms with Gasteiger partial charge in [-0.15, -0.1) is 0 Å². The summed E-state index contributed by atoms with van der Waals surface area (Å²) in [7, 11) is -9.89. The molecule has 0 aliphatic heterocycles. The minimum atomic E-state index is -5.15. The molecular weight excluding hydrogens is 1040 g/mol. The van der Waals surface area contributed by atoms with E-state index in [0.29, 0.717) is 10.7 Å². The second-order valence-corrected chi connectivity index (χ2v) is 24.1. The van der Waals surface area contributed by atoms with Crippen LogP contribution in [0.4, 0.5) is 0 Å². The number of benzene rings is 4. The van der Waals surface area contributed by atoms with E-state index in [1.54, 1.807) is 54.6 Å². The Balaban J connectivity index is 0.000000496. The van der Waals surface area contributed by atoms with Crippen molar-refractivity contribution in [3.63, 3.8) is 0 Å². The Labute approximate surface area is 273 Å². The smallest absolute Gasteiger partial charge is 0.156 e. The molecule has 0 atom stereocenters. The van der Waals surface area contributed by atoms with Crippen LogP contribution >= 0.6 is 61.9 Å². The third-order valence-electron chi connectivity index (χ3n) is 4.08. The number of hydrogen-bond acceptors (Lipinski definition) is 11. The van der Waals surface area contributed by atoms with Crippen LogP contribution in [0.3, 0.4) is 0 Å². The van der Waals surface area contributed by atoms with E-state index < -0.39 is 104 Å². The fourth-order valence-corrected chi connectivity index (χ4v) is 21.4. The molecule has 0 heterocycles. The van der Waals surface area contributed by atoms with Gasteiger partial charge in [-0.3, -0.25) is 0 Å². The van der Waals surface area contributed by atoms with Crippen LogP contribution in [0.2, 0.25) is 0 Å². The van der Waals surface area contributed by atoms with Gasteiger partial charge in [0.15, 0.2) is 0 Å². The van der Waals surface area contributed by atoms with Crippen molar-refractivity contribution in [3.8, 4) is 0 Å². The summed E-state index contributed by atoms with van der Waals surface area (Å²) in [6.45, 7) is 0. The van der Waals surface area contributed by atoms with E-state index in [0.717, 1.165) is 3.57 Å². The van der Waals surface area contributed by atoms with Crippen molar-refractivity contribution in [2.75, 3.05) is 0 Å². The van der Waals surface area contributed by atoms with Crippen LogP contribution in [0.5, 0.6) is 0 Å². The van der Waals surface area contributed by atoms with Crippen molar-refractivity contribution >= 4 is 82.7 Å². The Hall–Kier alpha value is -0.580. The topological polar surface area (TPSA) is 169 Å². The average molecular weight is 1060 g/mol. The second-order valence-electron chi connectivity index (χ2n) is 7.00. The molecule has 0 amide bonds. The zero-order valence-electron chi connectivity index (χ0n) is 20.4. The SMILES string of the molecule is O=S(=O)([O-])OI(OI(OS(=O)(=O)OI(O)c1ccccc1)c1ccccc1)c1ccccc1.O[I+]c1ccccc1. The quantitative estimate of drug-likeness (QED) is 0.121. The van der Waals surface area contributed by atoms with E-state index in [2.05, 4.69) is 2.51 Å². The second kappa shape index (κ2) is 17.6. The van der Waals surface area contributed by atoms with Gasteiger partial charge < -0.3 is 0 Å². The maximum absolute atomic E-state index is 12.6. The molecule has 0 aliphatic rings. The van der Waals surface area contributed by atoms with Gasteiger partial charge in [0.2, 0.25) is 3.57 Å². The van der Waals surface area contributed by atoms with Crippen molar-refractivity contribution < 1.29 is 58.8 Å². The molecule has 0 radical (unpaired) electrons. The van der Waals surface area contributed by atoms with Gasteiger partial charge in [-0.05, 0) is 12.1 Å². The van der Waals surface area contributed by atoms with Gasteiger partial charge in [-0.1, -0.05) is 18.2 Å². The number of halogens is 4. The first-order chi connectivity index (χ1) is 19.6. The molecule has 4 aromatic carbocycles. The van der Waals surface area contributed by atoms with Gasteiger partial charge in [-0.2, -0.15) is 3.44 Å². The van der Waals surface area contributed by atoms with Crippen LogP contribution in [-0.2, 0) is 29.7 Å². The van der Waals surface area contributed by atoms with Gasteiger partial charge in [0.05, 0.1) is 0 Å². The summed E-state index contributed by atoms with van der Waals surface area (Å²) in [6, 6.07) is 33.5. The summed E-state index contributed by atoms with van der Waals surface area (Å²) < 4.78 is 101. The molecule has 0 aromatic heterocycles. The van der Waals surface area contributed by atoms with Crippen LogP contribution < -0.4 is 21.6 Å². The van der Waals surface area contributed by atoms with Gasteiger partial charge in [0.25, 0.3) is 0 Å². The monoisotopic (exact) mass is 1060 g/mol. The molecule has 17 heteroatoms. The molecule has 11 nitrogen and oxygen atoms in total. The predicted octanol–water partition coefficient (Wildman–Crippen LogP) is 2.22. The minimum absolute atomic E-state index is 0.307. The Morgan fingerprint density at radius 2 is 0.976 bits per heavy atom. The molecule has 2 N–H and O–H groups in total. The van der Waals surface area contributed by atoms with Gasteiger partial charge in [0, 0.05) is 0 Å². The molecule has 0 fully saturated rings. The first-order valence-corrected chi connectivity index (χ1v) is 24.2. The zero-order chi connectivity index (χ0) is 29.7. The molecule has 4 rings (SSSR count).